The molecule has 0 spiro atoms. The number of aromatic hydroxyl groups is 1. The van der Waals surface area contributed by atoms with Gasteiger partial charge in [-0.2, -0.15) is 0 Å². The Labute approximate surface area is 232 Å². The second kappa shape index (κ2) is 15.6. The van der Waals surface area contributed by atoms with Gasteiger partial charge >= 0.3 is 0 Å². The molecule has 2 heterocycles. The number of unbranched alkanes of at least 4 members (excludes halogenated alkanes) is 2. The molecule has 39 heavy (non-hydrogen) atoms. The van der Waals surface area contributed by atoms with Crippen molar-refractivity contribution in [3.8, 4) is 11.5 Å². The van der Waals surface area contributed by atoms with Gasteiger partial charge in [-0.1, -0.05) is 52.2 Å². The Bertz CT molecular complexity index is 1230. The molecule has 1 atom stereocenters. The number of nitrogens with zero attached hydrogens (tertiary/aromatic N) is 2. The van der Waals surface area contributed by atoms with E-state index in [0.29, 0.717) is 37.5 Å². The van der Waals surface area contributed by atoms with E-state index in [1.165, 1.54) is 5.57 Å². The Morgan fingerprint density at radius 1 is 1.18 bits per heavy atom. The third kappa shape index (κ3) is 9.36. The lowest BCUT2D eigenvalue weighted by Gasteiger charge is -2.12. The van der Waals surface area contributed by atoms with Crippen molar-refractivity contribution in [1.29, 1.82) is 0 Å². The largest absolute Gasteiger partial charge is 0.504 e. The van der Waals surface area contributed by atoms with Crippen molar-refractivity contribution >= 4 is 29.3 Å². The molecule has 0 amide bonds. The van der Waals surface area contributed by atoms with Crippen LogP contribution in [0.1, 0.15) is 84.1 Å². The van der Waals surface area contributed by atoms with E-state index in [0.717, 1.165) is 60.3 Å². The molecule has 1 aliphatic rings. The fourth-order valence-electron chi connectivity index (χ4n) is 4.81. The summed E-state index contributed by atoms with van der Waals surface area (Å²) in [6, 6.07) is 5.23. The Morgan fingerprint density at radius 2 is 2.00 bits per heavy atom. The highest BCUT2D eigenvalue weighted by molar-refractivity contribution is 6.06. The van der Waals surface area contributed by atoms with Gasteiger partial charge in [0.2, 0.25) is 0 Å². The van der Waals surface area contributed by atoms with E-state index in [1.54, 1.807) is 19.2 Å². The minimum atomic E-state index is -0.560. The predicted molar refractivity (Wildman–Crippen MR) is 157 cm³/mol. The number of phenolic OH excluding ortho intramolecular Hbond substituents is 1. The number of hydrogen-bond donors (Lipinski definition) is 2. The van der Waals surface area contributed by atoms with E-state index in [1.807, 2.05) is 18.5 Å². The second-order valence-corrected chi connectivity index (χ2v) is 10.9. The summed E-state index contributed by atoms with van der Waals surface area (Å²) < 4.78 is 13.4. The maximum absolute atomic E-state index is 12.4. The quantitative estimate of drug-likeness (QED) is 0.255. The highest BCUT2D eigenvalue weighted by Crippen LogP contribution is 2.28. The van der Waals surface area contributed by atoms with Gasteiger partial charge in [0.15, 0.2) is 18.2 Å². The van der Waals surface area contributed by atoms with Crippen molar-refractivity contribution in [2.45, 2.75) is 97.8 Å². The Morgan fingerprint density at radius 3 is 2.74 bits per heavy atom. The molecule has 1 aromatic carbocycles. The molecule has 0 fully saturated rings. The van der Waals surface area contributed by atoms with Crippen LogP contribution in [-0.2, 0) is 22.7 Å². The van der Waals surface area contributed by atoms with Gasteiger partial charge in [-0.05, 0) is 61.3 Å². The van der Waals surface area contributed by atoms with Crippen LogP contribution in [0.5, 0.6) is 11.5 Å². The zero-order valence-corrected chi connectivity index (χ0v) is 24.1. The van der Waals surface area contributed by atoms with Gasteiger partial charge in [-0.3, -0.25) is 9.79 Å². The van der Waals surface area contributed by atoms with Gasteiger partial charge in [0.05, 0.1) is 11.8 Å². The maximum Gasteiger partial charge on any atom is 0.165 e. The molecule has 0 aliphatic carbocycles. The SMILES string of the molecule is CCCCC[C@@H](O)CC(=O)CCc1ccc(O)c(OCn2cc3c(c2=CCC(C)C)=C(CCCOC)C=N3)c1. The molecule has 1 aliphatic heterocycles. The summed E-state index contributed by atoms with van der Waals surface area (Å²) in [5, 5.41) is 22.8. The lowest BCUT2D eigenvalue weighted by Crippen LogP contribution is -2.32. The summed E-state index contributed by atoms with van der Waals surface area (Å²) in [5.74, 6) is 1.02. The number of carbonyl (C=O) groups excluding carboxylic acids is 1. The minimum absolute atomic E-state index is 0.0554. The predicted octanol–water partition coefficient (Wildman–Crippen LogP) is 5.18. The topological polar surface area (TPSA) is 93.3 Å². The molecular weight excluding hydrogens is 492 g/mol. The minimum Gasteiger partial charge on any atom is -0.504 e. The van der Waals surface area contributed by atoms with Gasteiger partial charge in [0, 0.05) is 49.5 Å². The van der Waals surface area contributed by atoms with E-state index in [9.17, 15) is 15.0 Å². The van der Waals surface area contributed by atoms with Crippen molar-refractivity contribution in [2.75, 3.05) is 13.7 Å². The van der Waals surface area contributed by atoms with E-state index in [4.69, 9.17) is 9.47 Å². The van der Waals surface area contributed by atoms with Crippen LogP contribution < -0.4 is 15.3 Å². The number of phenols is 1. The van der Waals surface area contributed by atoms with Crippen molar-refractivity contribution in [3.63, 3.8) is 0 Å². The molecule has 7 nitrogen and oxygen atoms in total. The van der Waals surface area contributed by atoms with E-state index < -0.39 is 6.10 Å². The molecule has 0 saturated heterocycles. The zero-order chi connectivity index (χ0) is 28.2. The van der Waals surface area contributed by atoms with Gasteiger partial charge < -0.3 is 24.3 Å². The van der Waals surface area contributed by atoms with Crippen molar-refractivity contribution < 1.29 is 24.5 Å². The third-order valence-corrected chi connectivity index (χ3v) is 7.04. The fourth-order valence-corrected chi connectivity index (χ4v) is 4.81. The van der Waals surface area contributed by atoms with Gasteiger partial charge in [-0.15, -0.1) is 0 Å². The van der Waals surface area contributed by atoms with Crippen LogP contribution in [-0.4, -0.2) is 46.6 Å². The summed E-state index contributed by atoms with van der Waals surface area (Å²) in [7, 11) is 1.72. The van der Waals surface area contributed by atoms with Gasteiger partial charge in [0.25, 0.3) is 0 Å². The maximum atomic E-state index is 12.4. The Balaban J connectivity index is 1.69. The molecule has 1 aromatic heterocycles. The van der Waals surface area contributed by atoms with Gasteiger partial charge in [0.1, 0.15) is 5.78 Å². The normalized spacial score (nSPS) is 13.9. The molecule has 0 unspecified atom stereocenters. The number of hydrogen-bond acceptors (Lipinski definition) is 6. The number of ketones is 1. The number of aliphatic hydroxyl groups excluding tert-OH is 1. The first-order valence-corrected chi connectivity index (χ1v) is 14.4. The Kier molecular flexibility index (Phi) is 12.3. The number of carbonyl (C=O) groups is 1. The molecule has 214 valence electrons. The number of aryl methyl sites for hydroxylation is 1. The van der Waals surface area contributed by atoms with Gasteiger partial charge in [-0.25, -0.2) is 0 Å². The second-order valence-electron chi connectivity index (χ2n) is 10.9. The number of Topliss-reactive ketones (excluding diaryl/α,β-unsaturated/α-hetero) is 1. The average molecular weight is 539 g/mol. The number of benzene rings is 1. The number of rotatable bonds is 18. The zero-order valence-electron chi connectivity index (χ0n) is 24.1. The third-order valence-electron chi connectivity index (χ3n) is 7.04. The van der Waals surface area contributed by atoms with Crippen molar-refractivity contribution in [2.24, 2.45) is 10.9 Å². The molecule has 7 heteroatoms. The summed E-state index contributed by atoms with van der Waals surface area (Å²) in [4.78, 5) is 17.0. The summed E-state index contributed by atoms with van der Waals surface area (Å²) >= 11 is 0. The summed E-state index contributed by atoms with van der Waals surface area (Å²) in [6.07, 6.45) is 13.3. The van der Waals surface area contributed by atoms with Crippen molar-refractivity contribution in [3.05, 3.63) is 40.5 Å². The average Bonchev–Trinajstić information content (AvgIpc) is 3.45. The number of aromatic nitrogens is 1. The number of aliphatic imine (C=N–C) groups is 1. The Hall–Kier alpha value is -2.90. The molecule has 0 bridgehead atoms. The lowest BCUT2D eigenvalue weighted by molar-refractivity contribution is -0.121. The number of fused-ring (bicyclic) bond motifs is 1. The molecular formula is C32H46N2O5. The molecule has 3 rings (SSSR count). The summed E-state index contributed by atoms with van der Waals surface area (Å²) in [5.41, 5.74) is 3.06. The van der Waals surface area contributed by atoms with Crippen LogP contribution in [0.15, 0.2) is 29.4 Å². The molecule has 0 saturated carbocycles. The van der Waals surface area contributed by atoms with E-state index >= 15 is 0 Å². The number of methoxy groups -OCH3 is 1. The van der Waals surface area contributed by atoms with Crippen LogP contribution in [0.3, 0.4) is 0 Å². The lowest BCUT2D eigenvalue weighted by atomic mass is 10.0. The summed E-state index contributed by atoms with van der Waals surface area (Å²) in [6.45, 7) is 7.46. The highest BCUT2D eigenvalue weighted by atomic mass is 16.5. The van der Waals surface area contributed by atoms with Crippen LogP contribution in [0, 0.1) is 5.92 Å². The monoisotopic (exact) mass is 538 g/mol. The van der Waals surface area contributed by atoms with E-state index in [-0.39, 0.29) is 24.7 Å². The first-order valence-electron chi connectivity index (χ1n) is 14.4. The number of ether oxygens (including phenoxy) is 2. The van der Waals surface area contributed by atoms with Crippen LogP contribution >= 0.6 is 0 Å². The fraction of sp³-hybridized carbons (Fsp3) is 0.562. The first kappa shape index (κ1) is 30.6. The van der Waals surface area contributed by atoms with E-state index in [2.05, 4.69) is 36.4 Å². The van der Waals surface area contributed by atoms with Crippen molar-refractivity contribution in [1.82, 2.24) is 4.57 Å². The van der Waals surface area contributed by atoms with Crippen LogP contribution in [0.4, 0.5) is 5.69 Å². The molecule has 0 radical (unpaired) electrons. The molecule has 2 N–H and O–H groups in total. The first-order chi connectivity index (χ1) is 18.8. The highest BCUT2D eigenvalue weighted by Gasteiger charge is 2.15. The number of aliphatic hydroxyl groups is 1. The molecule has 2 aromatic rings. The van der Waals surface area contributed by atoms with Crippen LogP contribution in [0.2, 0.25) is 0 Å². The van der Waals surface area contributed by atoms with Crippen LogP contribution in [0.25, 0.3) is 11.6 Å². The standard InChI is InChI=1S/C32H46N2O5/c1-5-6-7-10-26(35)19-27(36)14-12-24-13-16-30(37)31(18-24)39-22-34-21-28-32(29(34)15-11-23(2)3)25(20-33-28)9-8-17-38-4/h13,15-16,18,20-21,23,26,35,37H,5-12,14,17,19,22H2,1-4H3/t26-/m1/s1. The smallest absolute Gasteiger partial charge is 0.165 e.